The van der Waals surface area contributed by atoms with Gasteiger partial charge in [-0.3, -0.25) is 5.32 Å². The van der Waals surface area contributed by atoms with E-state index in [4.69, 9.17) is 0 Å². The number of amides is 2. The van der Waals surface area contributed by atoms with Crippen molar-refractivity contribution in [2.24, 2.45) is 0 Å². The fourth-order valence-corrected chi connectivity index (χ4v) is 5.08. The lowest BCUT2D eigenvalue weighted by atomic mass is 9.98. The predicted octanol–water partition coefficient (Wildman–Crippen LogP) is 4.73. The van der Waals surface area contributed by atoms with Crippen molar-refractivity contribution in [2.75, 3.05) is 11.9 Å². The summed E-state index contributed by atoms with van der Waals surface area (Å²) < 4.78 is 0. The standard InChI is InChI=1S/C19H20N4OS2/c1-2-15-14-9-11-25-16(14)8-10-23(15)19(24)20-18-22-21-17(26-18)12-13-6-4-3-5-7-13/h3-7,9,11,15H,2,8,10,12H2,1H3,(H,20,22,24)/t15-/m0/s1. The van der Waals surface area contributed by atoms with E-state index in [0.29, 0.717) is 5.13 Å². The van der Waals surface area contributed by atoms with Crippen LogP contribution in [0.15, 0.2) is 41.8 Å². The zero-order valence-corrected chi connectivity index (χ0v) is 16.1. The van der Waals surface area contributed by atoms with Gasteiger partial charge in [0.15, 0.2) is 0 Å². The Morgan fingerprint density at radius 2 is 2.12 bits per heavy atom. The first-order valence-electron chi connectivity index (χ1n) is 8.74. The SMILES string of the molecule is CC[C@H]1c2ccsc2CCN1C(=O)Nc1nnc(Cc2ccccc2)s1. The Kier molecular flexibility index (Phi) is 4.99. The molecule has 0 saturated carbocycles. The molecule has 1 aliphatic rings. The van der Waals surface area contributed by atoms with Crippen LogP contribution in [-0.4, -0.2) is 27.7 Å². The number of benzene rings is 1. The van der Waals surface area contributed by atoms with E-state index in [1.165, 1.54) is 27.3 Å². The summed E-state index contributed by atoms with van der Waals surface area (Å²) in [6, 6.07) is 12.4. The first kappa shape index (κ1) is 17.2. The van der Waals surface area contributed by atoms with Crippen molar-refractivity contribution in [3.63, 3.8) is 0 Å². The van der Waals surface area contributed by atoms with Gasteiger partial charge in [0.25, 0.3) is 0 Å². The number of nitrogens with zero attached hydrogens (tertiary/aromatic N) is 3. The fraction of sp³-hybridized carbons (Fsp3) is 0.316. The largest absolute Gasteiger partial charge is 0.324 e. The van der Waals surface area contributed by atoms with Crippen LogP contribution in [0.5, 0.6) is 0 Å². The van der Waals surface area contributed by atoms with Crippen molar-refractivity contribution in [2.45, 2.75) is 32.2 Å². The number of hydrogen-bond acceptors (Lipinski definition) is 5. The van der Waals surface area contributed by atoms with Crippen LogP contribution in [-0.2, 0) is 12.8 Å². The summed E-state index contributed by atoms with van der Waals surface area (Å²) in [4.78, 5) is 16.1. The molecule has 4 rings (SSSR count). The van der Waals surface area contributed by atoms with Crippen molar-refractivity contribution < 1.29 is 4.79 Å². The quantitative estimate of drug-likeness (QED) is 0.707. The number of carbonyl (C=O) groups is 1. The fourth-order valence-electron chi connectivity index (χ4n) is 3.39. The number of aromatic nitrogens is 2. The molecule has 0 radical (unpaired) electrons. The maximum atomic E-state index is 12.8. The van der Waals surface area contributed by atoms with Gasteiger partial charge in [0.1, 0.15) is 5.01 Å². The minimum atomic E-state index is -0.0869. The summed E-state index contributed by atoms with van der Waals surface area (Å²) in [6.45, 7) is 2.87. The number of nitrogens with one attached hydrogen (secondary N) is 1. The maximum Gasteiger partial charge on any atom is 0.324 e. The van der Waals surface area contributed by atoms with E-state index in [-0.39, 0.29) is 12.1 Å². The number of hydrogen-bond donors (Lipinski definition) is 1. The second kappa shape index (κ2) is 7.55. The maximum absolute atomic E-state index is 12.8. The third-order valence-corrected chi connectivity index (χ3v) is 6.46. The number of carbonyl (C=O) groups excluding carboxylic acids is 1. The molecule has 1 aromatic carbocycles. The zero-order valence-electron chi connectivity index (χ0n) is 14.5. The van der Waals surface area contributed by atoms with Crippen LogP contribution < -0.4 is 5.32 Å². The molecule has 7 heteroatoms. The van der Waals surface area contributed by atoms with Crippen molar-refractivity contribution in [1.82, 2.24) is 15.1 Å². The second-order valence-corrected chi connectivity index (χ2v) is 8.32. The summed E-state index contributed by atoms with van der Waals surface area (Å²) in [7, 11) is 0. The summed E-state index contributed by atoms with van der Waals surface area (Å²) >= 11 is 3.23. The topological polar surface area (TPSA) is 58.1 Å². The Balaban J connectivity index is 1.44. The van der Waals surface area contributed by atoms with E-state index in [2.05, 4.69) is 46.0 Å². The van der Waals surface area contributed by atoms with E-state index in [1.54, 1.807) is 11.3 Å². The Bertz CT molecular complexity index is 890. The van der Waals surface area contributed by atoms with Gasteiger partial charge in [-0.2, -0.15) is 0 Å². The summed E-state index contributed by atoms with van der Waals surface area (Å²) in [5.41, 5.74) is 2.48. The van der Waals surface area contributed by atoms with Crippen molar-refractivity contribution in [3.8, 4) is 0 Å². The predicted molar refractivity (Wildman–Crippen MR) is 106 cm³/mol. The molecule has 5 nitrogen and oxygen atoms in total. The molecule has 1 atom stereocenters. The lowest BCUT2D eigenvalue weighted by Crippen LogP contribution is -2.41. The molecule has 0 unspecified atom stereocenters. The number of fused-ring (bicyclic) bond motifs is 1. The molecule has 26 heavy (non-hydrogen) atoms. The van der Waals surface area contributed by atoms with Gasteiger partial charge in [-0.25, -0.2) is 4.79 Å². The highest BCUT2D eigenvalue weighted by Crippen LogP contribution is 2.35. The molecule has 2 amide bonds. The van der Waals surface area contributed by atoms with Gasteiger partial charge < -0.3 is 4.90 Å². The molecule has 0 spiro atoms. The van der Waals surface area contributed by atoms with Gasteiger partial charge in [-0.05, 0) is 35.4 Å². The third-order valence-electron chi connectivity index (χ3n) is 4.62. The molecule has 134 valence electrons. The Morgan fingerprint density at radius 1 is 1.27 bits per heavy atom. The van der Waals surface area contributed by atoms with Gasteiger partial charge in [-0.1, -0.05) is 48.6 Å². The van der Waals surface area contributed by atoms with Crippen LogP contribution in [0.25, 0.3) is 0 Å². The molecule has 3 aromatic rings. The monoisotopic (exact) mass is 384 g/mol. The molecule has 2 aromatic heterocycles. The van der Waals surface area contributed by atoms with Crippen LogP contribution in [0.3, 0.4) is 0 Å². The third kappa shape index (κ3) is 3.50. The molecule has 3 heterocycles. The van der Waals surface area contributed by atoms with Crippen molar-refractivity contribution >= 4 is 33.8 Å². The minimum absolute atomic E-state index is 0.0869. The van der Waals surface area contributed by atoms with E-state index in [9.17, 15) is 4.79 Å². The first-order valence-corrected chi connectivity index (χ1v) is 10.4. The van der Waals surface area contributed by atoms with Crippen LogP contribution in [0.2, 0.25) is 0 Å². The van der Waals surface area contributed by atoms with Crippen molar-refractivity contribution in [1.29, 1.82) is 0 Å². The van der Waals surface area contributed by atoms with Crippen LogP contribution in [0, 0.1) is 0 Å². The average Bonchev–Trinajstić information content (AvgIpc) is 3.30. The molecule has 0 fully saturated rings. The summed E-state index contributed by atoms with van der Waals surface area (Å²) in [5.74, 6) is 0. The molecular weight excluding hydrogens is 364 g/mol. The minimum Gasteiger partial charge on any atom is -0.317 e. The second-order valence-electron chi connectivity index (χ2n) is 6.26. The number of urea groups is 1. The lowest BCUT2D eigenvalue weighted by molar-refractivity contribution is 0.181. The van der Waals surface area contributed by atoms with Gasteiger partial charge >= 0.3 is 6.03 Å². The first-order chi connectivity index (χ1) is 12.7. The van der Waals surface area contributed by atoms with Crippen LogP contribution in [0.4, 0.5) is 9.93 Å². The highest BCUT2D eigenvalue weighted by molar-refractivity contribution is 7.15. The van der Waals surface area contributed by atoms with Gasteiger partial charge in [0.05, 0.1) is 6.04 Å². The van der Waals surface area contributed by atoms with Crippen molar-refractivity contribution in [3.05, 3.63) is 62.8 Å². The van der Waals surface area contributed by atoms with E-state index < -0.39 is 0 Å². The Hall–Kier alpha value is -2.25. The molecule has 1 aliphatic heterocycles. The zero-order chi connectivity index (χ0) is 17.9. The molecule has 0 aliphatic carbocycles. The smallest absolute Gasteiger partial charge is 0.317 e. The van der Waals surface area contributed by atoms with Gasteiger partial charge in [0.2, 0.25) is 5.13 Å². The normalized spacial score (nSPS) is 16.3. The number of rotatable bonds is 4. The number of anilines is 1. The Labute approximate surface area is 160 Å². The molecule has 1 N–H and O–H groups in total. The van der Waals surface area contributed by atoms with E-state index in [0.717, 1.165) is 30.8 Å². The Morgan fingerprint density at radius 3 is 2.92 bits per heavy atom. The molecular formula is C19H20N4OS2. The van der Waals surface area contributed by atoms with Gasteiger partial charge in [0, 0.05) is 17.8 Å². The van der Waals surface area contributed by atoms with Gasteiger partial charge in [-0.15, -0.1) is 21.5 Å². The average molecular weight is 385 g/mol. The summed E-state index contributed by atoms with van der Waals surface area (Å²) in [6.07, 6.45) is 2.56. The van der Waals surface area contributed by atoms with Crippen LogP contribution in [0.1, 0.15) is 40.4 Å². The lowest BCUT2D eigenvalue weighted by Gasteiger charge is -2.35. The molecule has 0 saturated heterocycles. The van der Waals surface area contributed by atoms with E-state index >= 15 is 0 Å². The highest BCUT2D eigenvalue weighted by atomic mass is 32.1. The number of thiophene rings is 1. The molecule has 0 bridgehead atoms. The summed E-state index contributed by atoms with van der Waals surface area (Å²) in [5, 5.41) is 14.9. The highest BCUT2D eigenvalue weighted by Gasteiger charge is 2.30. The van der Waals surface area contributed by atoms with E-state index in [1.807, 2.05) is 23.1 Å². The van der Waals surface area contributed by atoms with Crippen LogP contribution >= 0.6 is 22.7 Å².